The molecular formula is C23H30N2O2. The lowest BCUT2D eigenvalue weighted by molar-refractivity contribution is 0.0309. The van der Waals surface area contributed by atoms with Gasteiger partial charge in [-0.1, -0.05) is 55.5 Å². The Labute approximate surface area is 162 Å². The first-order valence-corrected chi connectivity index (χ1v) is 9.81. The summed E-state index contributed by atoms with van der Waals surface area (Å²) in [7, 11) is 2.17. The molecule has 27 heavy (non-hydrogen) atoms. The van der Waals surface area contributed by atoms with E-state index in [4.69, 9.17) is 4.74 Å². The molecule has 0 bridgehead atoms. The summed E-state index contributed by atoms with van der Waals surface area (Å²) >= 11 is 0. The van der Waals surface area contributed by atoms with Crippen LogP contribution < -0.4 is 0 Å². The van der Waals surface area contributed by atoms with Gasteiger partial charge in [0.2, 0.25) is 0 Å². The molecule has 1 aliphatic heterocycles. The number of rotatable bonds is 7. The average molecular weight is 367 g/mol. The normalized spacial score (nSPS) is 18.0. The molecule has 1 heterocycles. The molecule has 0 spiro atoms. The number of esters is 1. The highest BCUT2D eigenvalue weighted by atomic mass is 16.5. The first-order valence-electron chi connectivity index (χ1n) is 9.81. The number of likely N-dealkylation sites (N-methyl/N-ethyl adjacent to an activating group) is 1. The van der Waals surface area contributed by atoms with Gasteiger partial charge in [0.15, 0.2) is 0 Å². The van der Waals surface area contributed by atoms with Crippen molar-refractivity contribution >= 4 is 5.97 Å². The van der Waals surface area contributed by atoms with Gasteiger partial charge < -0.3 is 9.64 Å². The molecule has 144 valence electrons. The summed E-state index contributed by atoms with van der Waals surface area (Å²) in [4.78, 5) is 17.4. The van der Waals surface area contributed by atoms with Crippen LogP contribution in [0.15, 0.2) is 60.7 Å². The maximum absolute atomic E-state index is 12.5. The Morgan fingerprint density at radius 1 is 0.963 bits per heavy atom. The summed E-state index contributed by atoms with van der Waals surface area (Å²) in [5, 5.41) is 0. The van der Waals surface area contributed by atoms with Crippen molar-refractivity contribution in [2.24, 2.45) is 0 Å². The van der Waals surface area contributed by atoms with Crippen molar-refractivity contribution in [1.82, 2.24) is 9.80 Å². The van der Waals surface area contributed by atoms with Crippen molar-refractivity contribution < 1.29 is 9.53 Å². The number of carbonyl (C=O) groups is 1. The fourth-order valence-corrected chi connectivity index (χ4v) is 3.73. The first-order chi connectivity index (χ1) is 13.1. The highest BCUT2D eigenvalue weighted by Gasteiger charge is 2.35. The lowest BCUT2D eigenvalue weighted by Crippen LogP contribution is -2.51. The van der Waals surface area contributed by atoms with E-state index in [1.807, 2.05) is 24.3 Å². The predicted molar refractivity (Wildman–Crippen MR) is 109 cm³/mol. The quantitative estimate of drug-likeness (QED) is 0.703. The third-order valence-corrected chi connectivity index (χ3v) is 5.67. The van der Waals surface area contributed by atoms with Gasteiger partial charge in [-0.15, -0.1) is 0 Å². The van der Waals surface area contributed by atoms with Crippen LogP contribution in [0.2, 0.25) is 0 Å². The minimum atomic E-state index is -0.247. The van der Waals surface area contributed by atoms with E-state index in [1.165, 1.54) is 5.56 Å². The van der Waals surface area contributed by atoms with Gasteiger partial charge in [-0.05, 0) is 31.2 Å². The van der Waals surface area contributed by atoms with E-state index in [0.29, 0.717) is 12.2 Å². The SMILES string of the molecule is CCC(COC(=O)c1ccccc1)(CN1CCN(C)CC1)c1ccccc1. The number of hydrogen-bond donors (Lipinski definition) is 0. The van der Waals surface area contributed by atoms with E-state index in [0.717, 1.165) is 39.1 Å². The molecule has 0 aliphatic carbocycles. The van der Waals surface area contributed by atoms with E-state index in [-0.39, 0.29) is 11.4 Å². The number of ether oxygens (including phenoxy) is 1. The smallest absolute Gasteiger partial charge is 0.338 e. The zero-order valence-electron chi connectivity index (χ0n) is 16.4. The van der Waals surface area contributed by atoms with Gasteiger partial charge in [0.1, 0.15) is 6.61 Å². The monoisotopic (exact) mass is 366 g/mol. The van der Waals surface area contributed by atoms with Crippen molar-refractivity contribution in [1.29, 1.82) is 0 Å². The number of benzene rings is 2. The third-order valence-electron chi connectivity index (χ3n) is 5.67. The third kappa shape index (κ3) is 4.96. The molecule has 0 aromatic heterocycles. The molecule has 4 nitrogen and oxygen atoms in total. The molecule has 0 amide bonds. The van der Waals surface area contributed by atoms with E-state index in [2.05, 4.69) is 48.0 Å². The van der Waals surface area contributed by atoms with Gasteiger partial charge in [-0.2, -0.15) is 0 Å². The number of carbonyl (C=O) groups excluding carboxylic acids is 1. The number of piperazine rings is 1. The molecule has 1 fully saturated rings. The summed E-state index contributed by atoms with van der Waals surface area (Å²) in [6.07, 6.45) is 0.922. The molecule has 1 saturated heterocycles. The summed E-state index contributed by atoms with van der Waals surface area (Å²) in [6, 6.07) is 19.8. The Kier molecular flexibility index (Phi) is 6.64. The molecule has 3 rings (SSSR count). The van der Waals surface area contributed by atoms with Crippen molar-refractivity contribution in [2.75, 3.05) is 46.4 Å². The largest absolute Gasteiger partial charge is 0.461 e. The first kappa shape index (κ1) is 19.6. The Morgan fingerprint density at radius 3 is 2.15 bits per heavy atom. The van der Waals surface area contributed by atoms with Gasteiger partial charge in [0.05, 0.1) is 5.56 Å². The van der Waals surface area contributed by atoms with Crippen LogP contribution in [-0.4, -0.2) is 62.1 Å². The summed E-state index contributed by atoms with van der Waals surface area (Å²) < 4.78 is 5.83. The minimum absolute atomic E-state index is 0.193. The van der Waals surface area contributed by atoms with Gasteiger partial charge in [-0.3, -0.25) is 4.90 Å². The average Bonchev–Trinajstić information content (AvgIpc) is 2.74. The van der Waals surface area contributed by atoms with E-state index >= 15 is 0 Å². The summed E-state index contributed by atoms with van der Waals surface area (Å²) in [6.45, 7) is 7.77. The van der Waals surface area contributed by atoms with Crippen molar-refractivity contribution in [2.45, 2.75) is 18.8 Å². The maximum atomic E-state index is 12.5. The fourth-order valence-electron chi connectivity index (χ4n) is 3.73. The van der Waals surface area contributed by atoms with Crippen LogP contribution in [0.4, 0.5) is 0 Å². The zero-order chi connectivity index (χ0) is 19.1. The second-order valence-corrected chi connectivity index (χ2v) is 7.52. The molecule has 1 unspecified atom stereocenters. The molecule has 1 aliphatic rings. The standard InChI is InChI=1S/C23H30N2O2/c1-3-23(21-12-8-5-9-13-21,18-25-16-14-24(2)15-17-25)19-27-22(26)20-10-6-4-7-11-20/h4-13H,3,14-19H2,1-2H3. The lowest BCUT2D eigenvalue weighted by atomic mass is 9.78. The predicted octanol–water partition coefficient (Wildman–Crippen LogP) is 3.44. The molecule has 2 aromatic carbocycles. The zero-order valence-corrected chi connectivity index (χ0v) is 16.4. The van der Waals surface area contributed by atoms with Gasteiger partial charge in [0.25, 0.3) is 0 Å². The molecular weight excluding hydrogens is 336 g/mol. The Hall–Kier alpha value is -2.17. The molecule has 0 saturated carbocycles. The van der Waals surface area contributed by atoms with Gasteiger partial charge >= 0.3 is 5.97 Å². The molecule has 2 aromatic rings. The minimum Gasteiger partial charge on any atom is -0.461 e. The number of hydrogen-bond acceptors (Lipinski definition) is 4. The lowest BCUT2D eigenvalue weighted by Gasteiger charge is -2.41. The fraction of sp³-hybridized carbons (Fsp3) is 0.435. The molecule has 4 heteroatoms. The Balaban J connectivity index is 1.77. The second kappa shape index (κ2) is 9.16. The van der Waals surface area contributed by atoms with E-state index < -0.39 is 0 Å². The molecule has 0 radical (unpaired) electrons. The van der Waals surface area contributed by atoms with Crippen molar-refractivity contribution in [3.05, 3.63) is 71.8 Å². The highest BCUT2D eigenvalue weighted by molar-refractivity contribution is 5.89. The maximum Gasteiger partial charge on any atom is 0.338 e. The van der Waals surface area contributed by atoms with Crippen LogP contribution in [0.3, 0.4) is 0 Å². The number of nitrogens with zero attached hydrogens (tertiary/aromatic N) is 2. The second-order valence-electron chi connectivity index (χ2n) is 7.52. The van der Waals surface area contributed by atoms with Crippen LogP contribution in [0.5, 0.6) is 0 Å². The van der Waals surface area contributed by atoms with Crippen LogP contribution in [0, 0.1) is 0 Å². The van der Waals surface area contributed by atoms with E-state index in [9.17, 15) is 4.79 Å². The summed E-state index contributed by atoms with van der Waals surface area (Å²) in [5.74, 6) is -0.247. The topological polar surface area (TPSA) is 32.8 Å². The highest BCUT2D eigenvalue weighted by Crippen LogP contribution is 2.30. The Morgan fingerprint density at radius 2 is 1.56 bits per heavy atom. The molecule has 0 N–H and O–H groups in total. The Bertz CT molecular complexity index is 712. The van der Waals surface area contributed by atoms with Crippen LogP contribution >= 0.6 is 0 Å². The van der Waals surface area contributed by atoms with Crippen molar-refractivity contribution in [3.8, 4) is 0 Å². The van der Waals surface area contributed by atoms with Gasteiger partial charge in [0, 0.05) is 38.1 Å². The van der Waals surface area contributed by atoms with Crippen LogP contribution in [0.1, 0.15) is 29.3 Å². The van der Waals surface area contributed by atoms with Gasteiger partial charge in [-0.25, -0.2) is 4.79 Å². The summed E-state index contributed by atoms with van der Waals surface area (Å²) in [5.41, 5.74) is 1.66. The molecule has 1 atom stereocenters. The van der Waals surface area contributed by atoms with Crippen molar-refractivity contribution in [3.63, 3.8) is 0 Å². The van der Waals surface area contributed by atoms with E-state index in [1.54, 1.807) is 12.1 Å². The van der Waals surface area contributed by atoms with Crippen LogP contribution in [-0.2, 0) is 10.2 Å². The van der Waals surface area contributed by atoms with Crippen LogP contribution in [0.25, 0.3) is 0 Å².